The molecule has 144 valence electrons. The fourth-order valence-electron chi connectivity index (χ4n) is 2.36. The molecule has 0 saturated heterocycles. The van der Waals surface area contributed by atoms with Crippen LogP contribution in [0.5, 0.6) is 0 Å². The molecule has 2 aromatic carbocycles. The number of likely N-dealkylation sites (N-methyl/N-ethyl adjacent to an activating group) is 1. The Balaban J connectivity index is 2.30. The highest BCUT2D eigenvalue weighted by Gasteiger charge is 2.35. The van der Waals surface area contributed by atoms with E-state index in [0.717, 1.165) is 12.1 Å². The minimum Gasteiger partial charge on any atom is -0.358 e. The van der Waals surface area contributed by atoms with E-state index in [-0.39, 0.29) is 17.5 Å². The maximum Gasteiger partial charge on any atom is 0.418 e. The Morgan fingerprint density at radius 2 is 1.78 bits per heavy atom. The molecule has 0 bridgehead atoms. The molecule has 9 heteroatoms. The van der Waals surface area contributed by atoms with Crippen molar-refractivity contribution in [2.45, 2.75) is 12.2 Å². The molecule has 0 spiro atoms. The highest BCUT2D eigenvalue weighted by atomic mass is 35.5. The van der Waals surface area contributed by atoms with Gasteiger partial charge in [0.15, 0.2) is 0 Å². The van der Waals surface area contributed by atoms with Crippen LogP contribution in [0.1, 0.15) is 17.2 Å². The number of amides is 2. The van der Waals surface area contributed by atoms with E-state index in [1.807, 2.05) is 0 Å². The van der Waals surface area contributed by atoms with E-state index in [0.29, 0.717) is 5.56 Å². The summed E-state index contributed by atoms with van der Waals surface area (Å²) in [6.07, 6.45) is -4.69. The number of benzene rings is 2. The highest BCUT2D eigenvalue weighted by Crippen LogP contribution is 2.36. The Labute approximate surface area is 158 Å². The van der Waals surface area contributed by atoms with Crippen LogP contribution >= 0.6 is 11.6 Å². The lowest BCUT2D eigenvalue weighted by Gasteiger charge is -2.20. The van der Waals surface area contributed by atoms with Gasteiger partial charge >= 0.3 is 6.18 Å². The first-order valence-corrected chi connectivity index (χ1v) is 8.26. The van der Waals surface area contributed by atoms with Gasteiger partial charge in [-0.05, 0) is 23.8 Å². The molecule has 2 aromatic rings. The summed E-state index contributed by atoms with van der Waals surface area (Å²) in [7, 11) is 1.44. The minimum atomic E-state index is -4.69. The Kier molecular flexibility index (Phi) is 6.81. The summed E-state index contributed by atoms with van der Waals surface area (Å²) < 4.78 is 39.7. The van der Waals surface area contributed by atoms with Gasteiger partial charge in [0.25, 0.3) is 0 Å². The molecule has 0 aliphatic rings. The zero-order chi connectivity index (χ0) is 20.0. The van der Waals surface area contributed by atoms with Crippen molar-refractivity contribution in [3.05, 3.63) is 64.7 Å². The van der Waals surface area contributed by atoms with E-state index in [9.17, 15) is 22.8 Å². The average Bonchev–Trinajstić information content (AvgIpc) is 2.63. The molecule has 0 aliphatic heterocycles. The third-order valence-corrected chi connectivity index (χ3v) is 3.92. The van der Waals surface area contributed by atoms with Gasteiger partial charge in [-0.2, -0.15) is 13.2 Å². The summed E-state index contributed by atoms with van der Waals surface area (Å²) >= 11 is 5.65. The number of hydrogen-bond acceptors (Lipinski definition) is 3. The van der Waals surface area contributed by atoms with Crippen LogP contribution in [-0.2, 0) is 15.8 Å². The second kappa shape index (κ2) is 8.88. The molecule has 0 heterocycles. The number of carbonyl (C=O) groups excluding carboxylic acids is 2. The van der Waals surface area contributed by atoms with E-state index >= 15 is 0 Å². The van der Waals surface area contributed by atoms with Crippen LogP contribution in [0.3, 0.4) is 0 Å². The van der Waals surface area contributed by atoms with E-state index in [2.05, 4.69) is 16.0 Å². The number of carbonyl (C=O) groups is 2. The molecule has 3 N–H and O–H groups in total. The lowest BCUT2D eigenvalue weighted by molar-refractivity contribution is -0.137. The third-order valence-electron chi connectivity index (χ3n) is 3.69. The standard InChI is InChI=1S/C18H17ClF3N3O2/c1-23-15(26)10-24-16(11-5-3-2-4-6-11)17(27)25-14-8-7-12(19)9-13(14)18(20,21)22/h2-9,16,24H,10H2,1H3,(H,23,26)(H,25,27)/t16-/m0/s1. The van der Waals surface area contributed by atoms with Crippen LogP contribution in [0.4, 0.5) is 18.9 Å². The minimum absolute atomic E-state index is 0.0994. The Hall–Kier alpha value is -2.58. The molecule has 0 radical (unpaired) electrons. The predicted molar refractivity (Wildman–Crippen MR) is 96.3 cm³/mol. The van der Waals surface area contributed by atoms with E-state index < -0.39 is 29.4 Å². The fourth-order valence-corrected chi connectivity index (χ4v) is 2.53. The summed E-state index contributed by atoms with van der Waals surface area (Å²) in [6, 6.07) is 10.4. The van der Waals surface area contributed by atoms with E-state index in [1.165, 1.54) is 13.1 Å². The molecule has 0 aliphatic carbocycles. The number of rotatable bonds is 6. The van der Waals surface area contributed by atoms with Crippen molar-refractivity contribution in [2.75, 3.05) is 18.9 Å². The van der Waals surface area contributed by atoms with Gasteiger partial charge in [-0.1, -0.05) is 41.9 Å². The summed E-state index contributed by atoms with van der Waals surface area (Å²) in [5.74, 6) is -1.11. The Morgan fingerprint density at radius 1 is 1.11 bits per heavy atom. The maximum absolute atomic E-state index is 13.2. The highest BCUT2D eigenvalue weighted by molar-refractivity contribution is 6.30. The van der Waals surface area contributed by atoms with Gasteiger partial charge in [-0.15, -0.1) is 0 Å². The van der Waals surface area contributed by atoms with Crippen molar-refractivity contribution in [3.8, 4) is 0 Å². The van der Waals surface area contributed by atoms with Crippen molar-refractivity contribution in [1.29, 1.82) is 0 Å². The van der Waals surface area contributed by atoms with Crippen LogP contribution < -0.4 is 16.0 Å². The molecular formula is C18H17ClF3N3O2. The monoisotopic (exact) mass is 399 g/mol. The van der Waals surface area contributed by atoms with Crippen molar-refractivity contribution in [2.24, 2.45) is 0 Å². The summed E-state index contributed by atoms with van der Waals surface area (Å²) in [4.78, 5) is 24.2. The molecule has 0 fully saturated rings. The zero-order valence-corrected chi connectivity index (χ0v) is 15.0. The van der Waals surface area contributed by atoms with E-state index in [1.54, 1.807) is 30.3 Å². The predicted octanol–water partition coefficient (Wildman–Crippen LogP) is 3.37. The Bertz CT molecular complexity index is 813. The number of anilines is 1. The van der Waals surface area contributed by atoms with Gasteiger partial charge < -0.3 is 10.6 Å². The fraction of sp³-hybridized carbons (Fsp3) is 0.222. The topological polar surface area (TPSA) is 70.2 Å². The third kappa shape index (κ3) is 5.70. The maximum atomic E-state index is 13.2. The SMILES string of the molecule is CNC(=O)CN[C@H](C(=O)Nc1ccc(Cl)cc1C(F)(F)F)c1ccccc1. The molecule has 2 rings (SSSR count). The number of hydrogen-bond donors (Lipinski definition) is 3. The van der Waals surface area contributed by atoms with Gasteiger partial charge in [0, 0.05) is 12.1 Å². The molecule has 5 nitrogen and oxygen atoms in total. The van der Waals surface area contributed by atoms with Crippen molar-refractivity contribution in [1.82, 2.24) is 10.6 Å². The van der Waals surface area contributed by atoms with Gasteiger partial charge in [0.05, 0.1) is 17.8 Å². The molecule has 0 unspecified atom stereocenters. The number of nitrogens with one attached hydrogen (secondary N) is 3. The van der Waals surface area contributed by atoms with Gasteiger partial charge in [0.1, 0.15) is 6.04 Å². The van der Waals surface area contributed by atoms with E-state index in [4.69, 9.17) is 11.6 Å². The van der Waals surface area contributed by atoms with Crippen LogP contribution in [0, 0.1) is 0 Å². The second-order valence-corrected chi connectivity index (χ2v) is 6.01. The zero-order valence-electron chi connectivity index (χ0n) is 14.2. The number of alkyl halides is 3. The average molecular weight is 400 g/mol. The van der Waals surface area contributed by atoms with Crippen LogP contribution in [-0.4, -0.2) is 25.4 Å². The molecular weight excluding hydrogens is 383 g/mol. The summed E-state index contributed by atoms with van der Waals surface area (Å²) in [5, 5.41) is 7.32. The second-order valence-electron chi connectivity index (χ2n) is 5.57. The Morgan fingerprint density at radius 3 is 2.37 bits per heavy atom. The van der Waals surface area contributed by atoms with Crippen molar-refractivity contribution in [3.63, 3.8) is 0 Å². The van der Waals surface area contributed by atoms with Crippen LogP contribution in [0.2, 0.25) is 5.02 Å². The normalized spacial score (nSPS) is 12.3. The molecule has 2 amide bonds. The van der Waals surface area contributed by atoms with Crippen LogP contribution in [0.15, 0.2) is 48.5 Å². The van der Waals surface area contributed by atoms with Gasteiger partial charge in [-0.3, -0.25) is 14.9 Å². The van der Waals surface area contributed by atoms with Gasteiger partial charge in [-0.25, -0.2) is 0 Å². The lowest BCUT2D eigenvalue weighted by Crippen LogP contribution is -2.39. The van der Waals surface area contributed by atoms with Crippen molar-refractivity contribution < 1.29 is 22.8 Å². The quantitative estimate of drug-likeness (QED) is 0.697. The first kappa shape index (κ1) is 20.7. The van der Waals surface area contributed by atoms with Crippen LogP contribution in [0.25, 0.3) is 0 Å². The first-order chi connectivity index (χ1) is 12.7. The first-order valence-electron chi connectivity index (χ1n) is 7.89. The lowest BCUT2D eigenvalue weighted by atomic mass is 10.1. The molecule has 1 atom stereocenters. The van der Waals surface area contributed by atoms with Crippen molar-refractivity contribution >= 4 is 29.1 Å². The van der Waals surface area contributed by atoms with Gasteiger partial charge in [0.2, 0.25) is 11.8 Å². The summed E-state index contributed by atoms with van der Waals surface area (Å²) in [6.45, 7) is -0.184. The number of halogens is 4. The molecule has 0 aromatic heterocycles. The smallest absolute Gasteiger partial charge is 0.358 e. The molecule has 0 saturated carbocycles. The summed E-state index contributed by atoms with van der Waals surface area (Å²) in [5.41, 5.74) is -0.970. The molecule has 27 heavy (non-hydrogen) atoms. The largest absolute Gasteiger partial charge is 0.418 e.